The van der Waals surface area contributed by atoms with Crippen molar-refractivity contribution in [2.75, 3.05) is 0 Å². The van der Waals surface area contributed by atoms with E-state index in [2.05, 4.69) is 20.2 Å². The maximum absolute atomic E-state index is 11.7. The lowest BCUT2D eigenvalue weighted by atomic mass is 10.1. The molecule has 0 aliphatic carbocycles. The van der Waals surface area contributed by atoms with Crippen molar-refractivity contribution < 1.29 is 9.90 Å². The summed E-state index contributed by atoms with van der Waals surface area (Å²) < 4.78 is 0. The molecule has 0 saturated heterocycles. The van der Waals surface area contributed by atoms with Crippen molar-refractivity contribution in [3.8, 4) is 11.4 Å². The van der Waals surface area contributed by atoms with Gasteiger partial charge in [-0.1, -0.05) is 29.8 Å². The second-order valence-corrected chi connectivity index (χ2v) is 7.12. The van der Waals surface area contributed by atoms with E-state index in [0.717, 1.165) is 33.8 Å². The highest BCUT2D eigenvalue weighted by Gasteiger charge is 2.15. The van der Waals surface area contributed by atoms with E-state index in [1.54, 1.807) is 24.4 Å². The topological polar surface area (TPSA) is 94.7 Å². The first-order valence-electron chi connectivity index (χ1n) is 7.97. The van der Waals surface area contributed by atoms with Crippen LogP contribution in [0.2, 0.25) is 5.02 Å². The van der Waals surface area contributed by atoms with Crippen LogP contribution in [-0.4, -0.2) is 31.2 Å². The molecule has 4 rings (SSSR count). The zero-order chi connectivity index (χ0) is 18.8. The zero-order valence-corrected chi connectivity index (χ0v) is 15.4. The van der Waals surface area contributed by atoms with Gasteiger partial charge in [0.2, 0.25) is 5.16 Å². The minimum absolute atomic E-state index is 0.126. The van der Waals surface area contributed by atoms with Gasteiger partial charge in [-0.15, -0.1) is 5.10 Å². The van der Waals surface area contributed by atoms with E-state index in [4.69, 9.17) is 11.6 Å². The largest absolute Gasteiger partial charge is 0.477 e. The number of H-pyrrole nitrogens is 2. The number of hydrogen-bond acceptors (Lipinski definition) is 4. The van der Waals surface area contributed by atoms with Crippen molar-refractivity contribution in [3.05, 3.63) is 70.2 Å². The lowest BCUT2D eigenvalue weighted by Gasteiger charge is -1.99. The highest BCUT2D eigenvalue weighted by atomic mass is 35.5. The van der Waals surface area contributed by atoms with Crippen LogP contribution in [0, 0.1) is 0 Å². The van der Waals surface area contributed by atoms with Crippen molar-refractivity contribution in [3.63, 3.8) is 0 Å². The molecule has 0 atom stereocenters. The Morgan fingerprint density at radius 2 is 1.93 bits per heavy atom. The summed E-state index contributed by atoms with van der Waals surface area (Å²) in [6.45, 7) is 0. The minimum atomic E-state index is -1.04. The van der Waals surface area contributed by atoms with Crippen molar-refractivity contribution in [2.24, 2.45) is 0 Å². The number of aromatic amines is 2. The van der Waals surface area contributed by atoms with E-state index in [9.17, 15) is 9.90 Å². The normalized spacial score (nSPS) is 11.8. The molecule has 0 unspecified atom stereocenters. The second kappa shape index (κ2) is 7.30. The molecule has 2 aromatic heterocycles. The van der Waals surface area contributed by atoms with E-state index in [1.165, 1.54) is 0 Å². The highest BCUT2D eigenvalue weighted by molar-refractivity contribution is 8.04. The standard InChI is InChI=1S/C19H13ClN4O2S/c20-13-7-5-11(6-8-13)17-22-19(24-23-17)27-16(18(25)26)9-12-10-21-15-4-2-1-3-14(12)15/h1-10,21H,(H,25,26)(H,22,23,24)/b16-9+. The Morgan fingerprint density at radius 3 is 2.70 bits per heavy atom. The summed E-state index contributed by atoms with van der Waals surface area (Å²) in [5.74, 6) is -0.492. The van der Waals surface area contributed by atoms with Gasteiger partial charge in [0, 0.05) is 33.2 Å². The maximum Gasteiger partial charge on any atom is 0.342 e. The highest BCUT2D eigenvalue weighted by Crippen LogP contribution is 2.29. The fourth-order valence-electron chi connectivity index (χ4n) is 2.62. The van der Waals surface area contributed by atoms with Crippen LogP contribution in [0.3, 0.4) is 0 Å². The molecule has 2 heterocycles. The number of nitrogens with one attached hydrogen (secondary N) is 2. The van der Waals surface area contributed by atoms with Crippen LogP contribution < -0.4 is 0 Å². The minimum Gasteiger partial charge on any atom is -0.477 e. The number of carboxylic acids is 1. The Labute approximate surface area is 163 Å². The van der Waals surface area contributed by atoms with Gasteiger partial charge in [0.05, 0.1) is 0 Å². The predicted molar refractivity (Wildman–Crippen MR) is 107 cm³/mol. The van der Waals surface area contributed by atoms with Crippen LogP contribution in [-0.2, 0) is 4.79 Å². The molecule has 0 aliphatic heterocycles. The van der Waals surface area contributed by atoms with Gasteiger partial charge < -0.3 is 10.1 Å². The molecule has 0 radical (unpaired) electrons. The number of benzene rings is 2. The third-order valence-electron chi connectivity index (χ3n) is 3.90. The Kier molecular flexibility index (Phi) is 4.70. The van der Waals surface area contributed by atoms with Gasteiger partial charge in [-0.05, 0) is 48.2 Å². The third-order valence-corrected chi connectivity index (χ3v) is 5.03. The summed E-state index contributed by atoms with van der Waals surface area (Å²) in [4.78, 5) is 19.3. The number of aromatic nitrogens is 4. The van der Waals surface area contributed by atoms with Crippen LogP contribution >= 0.6 is 23.4 Å². The second-order valence-electron chi connectivity index (χ2n) is 5.68. The summed E-state index contributed by atoms with van der Waals surface area (Å²) in [6.07, 6.45) is 3.40. The van der Waals surface area contributed by atoms with Crippen LogP contribution in [0.5, 0.6) is 0 Å². The van der Waals surface area contributed by atoms with Gasteiger partial charge >= 0.3 is 5.97 Å². The van der Waals surface area contributed by atoms with Gasteiger partial charge in [0.15, 0.2) is 5.82 Å². The van der Waals surface area contributed by atoms with Gasteiger partial charge in [0.1, 0.15) is 4.91 Å². The van der Waals surface area contributed by atoms with Crippen molar-refractivity contribution in [2.45, 2.75) is 5.16 Å². The number of halogens is 1. The summed E-state index contributed by atoms with van der Waals surface area (Å²) in [6, 6.07) is 14.9. The number of hydrogen-bond donors (Lipinski definition) is 3. The van der Waals surface area contributed by atoms with E-state index in [1.807, 2.05) is 36.4 Å². The molecule has 0 saturated carbocycles. The molecule has 0 amide bonds. The smallest absolute Gasteiger partial charge is 0.342 e. The number of nitrogens with zero attached hydrogens (tertiary/aromatic N) is 2. The number of carbonyl (C=O) groups is 1. The Bertz CT molecular complexity index is 1150. The number of fused-ring (bicyclic) bond motifs is 1. The van der Waals surface area contributed by atoms with E-state index >= 15 is 0 Å². The Morgan fingerprint density at radius 1 is 1.15 bits per heavy atom. The van der Waals surface area contributed by atoms with Crippen molar-refractivity contribution in [1.82, 2.24) is 20.2 Å². The van der Waals surface area contributed by atoms with Crippen molar-refractivity contribution >= 4 is 46.3 Å². The average Bonchev–Trinajstić information content (AvgIpc) is 3.29. The Hall–Kier alpha value is -3.03. The quantitative estimate of drug-likeness (QED) is 0.332. The first-order valence-corrected chi connectivity index (χ1v) is 9.17. The fourth-order valence-corrected chi connectivity index (χ4v) is 3.44. The van der Waals surface area contributed by atoms with Crippen LogP contribution in [0.1, 0.15) is 5.56 Å². The molecule has 0 bridgehead atoms. The van der Waals surface area contributed by atoms with E-state index < -0.39 is 5.97 Å². The monoisotopic (exact) mass is 396 g/mol. The molecule has 0 spiro atoms. The molecule has 3 N–H and O–H groups in total. The first-order chi connectivity index (χ1) is 13.1. The van der Waals surface area contributed by atoms with Crippen LogP contribution in [0.4, 0.5) is 0 Å². The Balaban J connectivity index is 1.63. The molecule has 8 heteroatoms. The number of para-hydroxylation sites is 1. The van der Waals surface area contributed by atoms with Crippen LogP contribution in [0.25, 0.3) is 28.4 Å². The number of thioether (sulfide) groups is 1. The summed E-state index contributed by atoms with van der Waals surface area (Å²) in [7, 11) is 0. The summed E-state index contributed by atoms with van der Waals surface area (Å²) >= 11 is 6.88. The van der Waals surface area contributed by atoms with E-state index in [-0.39, 0.29) is 4.91 Å². The molecule has 0 aliphatic rings. The molecule has 2 aromatic carbocycles. The van der Waals surface area contributed by atoms with Gasteiger partial charge in [-0.3, -0.25) is 5.10 Å². The van der Waals surface area contributed by atoms with E-state index in [0.29, 0.717) is 16.0 Å². The van der Waals surface area contributed by atoms with Gasteiger partial charge in [-0.2, -0.15) is 0 Å². The summed E-state index contributed by atoms with van der Waals surface area (Å²) in [5, 5.41) is 18.4. The van der Waals surface area contributed by atoms with Gasteiger partial charge in [-0.25, -0.2) is 9.78 Å². The molecular formula is C19H13ClN4O2S. The van der Waals surface area contributed by atoms with Gasteiger partial charge in [0.25, 0.3) is 0 Å². The zero-order valence-electron chi connectivity index (χ0n) is 13.8. The molecule has 0 fully saturated rings. The maximum atomic E-state index is 11.7. The third kappa shape index (κ3) is 3.74. The molecule has 134 valence electrons. The summed E-state index contributed by atoms with van der Waals surface area (Å²) in [5.41, 5.74) is 2.56. The average molecular weight is 397 g/mol. The number of aliphatic carboxylic acids is 1. The lowest BCUT2D eigenvalue weighted by Crippen LogP contribution is -1.97. The number of rotatable bonds is 5. The molecule has 4 aromatic rings. The molecular weight excluding hydrogens is 384 g/mol. The van der Waals surface area contributed by atoms with Crippen molar-refractivity contribution in [1.29, 1.82) is 0 Å². The predicted octanol–water partition coefficient (Wildman–Crippen LogP) is 4.82. The van der Waals surface area contributed by atoms with Crippen LogP contribution in [0.15, 0.2) is 64.8 Å². The molecule has 27 heavy (non-hydrogen) atoms. The first kappa shape index (κ1) is 17.4. The lowest BCUT2D eigenvalue weighted by molar-refractivity contribution is -0.131. The SMILES string of the molecule is O=C(O)/C(=C\c1c[nH]c2ccccc12)Sc1n[nH]c(-c2ccc(Cl)cc2)n1. The number of carboxylic acid groups (broad SMARTS) is 1. The fraction of sp³-hybridized carbons (Fsp3) is 0. The molecule has 6 nitrogen and oxygen atoms in total.